The molecule has 6 heteroatoms. The second-order valence-electron chi connectivity index (χ2n) is 5.36. The molecule has 22 heavy (non-hydrogen) atoms. The normalized spacial score (nSPS) is 16.0. The van der Waals surface area contributed by atoms with Gasteiger partial charge in [-0.05, 0) is 18.2 Å². The fraction of sp³-hybridized carbons (Fsp3) is 0.312. The van der Waals surface area contributed by atoms with Crippen molar-refractivity contribution in [1.82, 2.24) is 9.88 Å². The molecule has 1 fully saturated rings. The van der Waals surface area contributed by atoms with Crippen LogP contribution in [0.5, 0.6) is 0 Å². The Hall–Kier alpha value is -1.85. The number of hydrogen-bond acceptors (Lipinski definition) is 3. The first-order valence-corrected chi connectivity index (χ1v) is 7.61. The fourth-order valence-electron chi connectivity index (χ4n) is 2.67. The fourth-order valence-corrected chi connectivity index (χ4v) is 2.90. The van der Waals surface area contributed by atoms with Crippen molar-refractivity contribution in [3.05, 3.63) is 63.2 Å². The molecule has 1 aromatic heterocycles. The molecule has 0 amide bonds. The summed E-state index contributed by atoms with van der Waals surface area (Å²) in [5.41, 5.74) is 0.448. The van der Waals surface area contributed by atoms with Gasteiger partial charge in [0.2, 0.25) is 5.56 Å². The lowest BCUT2D eigenvalue weighted by Gasteiger charge is -2.35. The maximum Gasteiger partial charge on any atom is 0.249 e. The number of aromatic nitrogens is 1. The second-order valence-corrected chi connectivity index (χ2v) is 5.77. The standard InChI is InChI=1S/C16H17ClFN3O/c17-13-3-1-4-14(18)12(13)11-20-7-9-21(10-8-20)15-5-2-6-16(22)19-15/h1-6H,7-11H2,(H,19,22). The van der Waals surface area contributed by atoms with Gasteiger partial charge >= 0.3 is 0 Å². The number of nitrogens with zero attached hydrogens (tertiary/aromatic N) is 2. The number of nitrogens with one attached hydrogen (secondary N) is 1. The van der Waals surface area contributed by atoms with E-state index in [1.165, 1.54) is 12.1 Å². The maximum atomic E-state index is 13.8. The first-order valence-electron chi connectivity index (χ1n) is 7.23. The SMILES string of the molecule is O=c1cccc(N2CCN(Cc3c(F)cccc3Cl)CC2)[nH]1. The minimum atomic E-state index is -0.262. The van der Waals surface area contributed by atoms with Crippen LogP contribution in [-0.4, -0.2) is 36.1 Å². The van der Waals surface area contributed by atoms with Crippen LogP contribution in [0.3, 0.4) is 0 Å². The monoisotopic (exact) mass is 321 g/mol. The van der Waals surface area contributed by atoms with Crippen LogP contribution in [-0.2, 0) is 6.54 Å². The molecule has 1 saturated heterocycles. The minimum absolute atomic E-state index is 0.0990. The van der Waals surface area contributed by atoms with Crippen molar-refractivity contribution in [2.24, 2.45) is 0 Å². The Morgan fingerprint density at radius 1 is 1.09 bits per heavy atom. The van der Waals surface area contributed by atoms with Gasteiger partial charge < -0.3 is 9.88 Å². The molecular formula is C16H17ClFN3O. The minimum Gasteiger partial charge on any atom is -0.356 e. The number of benzene rings is 1. The first kappa shape index (κ1) is 15.1. The van der Waals surface area contributed by atoms with E-state index in [9.17, 15) is 9.18 Å². The first-order chi connectivity index (χ1) is 10.6. The molecule has 0 aliphatic carbocycles. The summed E-state index contributed by atoms with van der Waals surface area (Å²) in [5, 5.41) is 0.467. The van der Waals surface area contributed by atoms with E-state index in [1.54, 1.807) is 18.2 Å². The molecule has 0 atom stereocenters. The van der Waals surface area contributed by atoms with E-state index in [4.69, 9.17) is 11.6 Å². The van der Waals surface area contributed by atoms with Crippen LogP contribution in [0.2, 0.25) is 5.02 Å². The number of piperazine rings is 1. The Kier molecular flexibility index (Phi) is 4.45. The van der Waals surface area contributed by atoms with Crippen molar-refractivity contribution in [3.63, 3.8) is 0 Å². The predicted molar refractivity (Wildman–Crippen MR) is 86.0 cm³/mol. The molecule has 0 bridgehead atoms. The highest BCUT2D eigenvalue weighted by molar-refractivity contribution is 6.31. The molecule has 1 aromatic carbocycles. The largest absolute Gasteiger partial charge is 0.356 e. The Morgan fingerprint density at radius 2 is 1.82 bits per heavy atom. The molecule has 0 unspecified atom stereocenters. The van der Waals surface area contributed by atoms with Crippen LogP contribution in [0.1, 0.15) is 5.56 Å². The van der Waals surface area contributed by atoms with E-state index in [0.717, 1.165) is 32.0 Å². The van der Waals surface area contributed by atoms with E-state index >= 15 is 0 Å². The zero-order chi connectivity index (χ0) is 15.5. The summed E-state index contributed by atoms with van der Waals surface area (Å²) in [6.45, 7) is 3.66. The van der Waals surface area contributed by atoms with Crippen LogP contribution in [0.25, 0.3) is 0 Å². The molecule has 0 spiro atoms. The van der Waals surface area contributed by atoms with Crippen LogP contribution < -0.4 is 10.5 Å². The van der Waals surface area contributed by atoms with Crippen molar-refractivity contribution in [1.29, 1.82) is 0 Å². The van der Waals surface area contributed by atoms with Gasteiger partial charge in [-0.2, -0.15) is 0 Å². The number of anilines is 1. The van der Waals surface area contributed by atoms with Gasteiger partial charge in [-0.1, -0.05) is 23.7 Å². The molecule has 2 aromatic rings. The molecule has 0 saturated carbocycles. The summed E-state index contributed by atoms with van der Waals surface area (Å²) in [6.07, 6.45) is 0. The van der Waals surface area contributed by atoms with Gasteiger partial charge in [-0.25, -0.2) is 4.39 Å². The number of H-pyrrole nitrogens is 1. The maximum absolute atomic E-state index is 13.8. The molecule has 1 N–H and O–H groups in total. The average molecular weight is 322 g/mol. The van der Waals surface area contributed by atoms with Crippen molar-refractivity contribution in [2.45, 2.75) is 6.54 Å². The van der Waals surface area contributed by atoms with Gasteiger partial charge in [0.15, 0.2) is 0 Å². The third kappa shape index (κ3) is 3.31. The zero-order valence-corrected chi connectivity index (χ0v) is 12.8. The van der Waals surface area contributed by atoms with Crippen LogP contribution in [0.4, 0.5) is 10.2 Å². The molecule has 3 rings (SSSR count). The van der Waals surface area contributed by atoms with E-state index in [-0.39, 0.29) is 11.4 Å². The summed E-state index contributed by atoms with van der Waals surface area (Å²) >= 11 is 6.07. The number of halogens is 2. The van der Waals surface area contributed by atoms with Crippen LogP contribution in [0.15, 0.2) is 41.2 Å². The van der Waals surface area contributed by atoms with E-state index < -0.39 is 0 Å². The summed E-state index contributed by atoms with van der Waals surface area (Å²) in [7, 11) is 0. The molecule has 116 valence electrons. The highest BCUT2D eigenvalue weighted by atomic mass is 35.5. The third-order valence-electron chi connectivity index (χ3n) is 3.91. The number of pyridine rings is 1. The van der Waals surface area contributed by atoms with E-state index in [0.29, 0.717) is 17.1 Å². The Morgan fingerprint density at radius 3 is 2.50 bits per heavy atom. The van der Waals surface area contributed by atoms with Gasteiger partial charge in [-0.15, -0.1) is 0 Å². The van der Waals surface area contributed by atoms with Crippen molar-refractivity contribution in [2.75, 3.05) is 31.1 Å². The summed E-state index contributed by atoms with van der Waals surface area (Å²) in [5.74, 6) is 0.568. The van der Waals surface area contributed by atoms with Gasteiger partial charge in [0.25, 0.3) is 0 Å². The quantitative estimate of drug-likeness (QED) is 0.944. The molecule has 2 heterocycles. The van der Waals surface area contributed by atoms with Crippen LogP contribution >= 0.6 is 11.6 Å². The number of hydrogen-bond donors (Lipinski definition) is 1. The zero-order valence-electron chi connectivity index (χ0n) is 12.1. The Labute approximate surface area is 133 Å². The molecule has 4 nitrogen and oxygen atoms in total. The Bertz CT molecular complexity index is 690. The predicted octanol–water partition coefficient (Wildman–Crippen LogP) is 2.49. The summed E-state index contributed by atoms with van der Waals surface area (Å²) < 4.78 is 13.8. The molecule has 0 radical (unpaired) electrons. The summed E-state index contributed by atoms with van der Waals surface area (Å²) in [6, 6.07) is 9.91. The highest BCUT2D eigenvalue weighted by Gasteiger charge is 2.19. The van der Waals surface area contributed by atoms with E-state index in [1.807, 2.05) is 6.07 Å². The summed E-state index contributed by atoms with van der Waals surface area (Å²) in [4.78, 5) is 18.5. The van der Waals surface area contributed by atoms with Gasteiger partial charge in [0.1, 0.15) is 11.6 Å². The lowest BCUT2D eigenvalue weighted by Crippen LogP contribution is -2.46. The van der Waals surface area contributed by atoms with Gasteiger partial charge in [0, 0.05) is 49.4 Å². The molecule has 1 aliphatic heterocycles. The smallest absolute Gasteiger partial charge is 0.249 e. The molecule has 1 aliphatic rings. The number of rotatable bonds is 3. The van der Waals surface area contributed by atoms with E-state index in [2.05, 4.69) is 14.8 Å². The third-order valence-corrected chi connectivity index (χ3v) is 4.26. The van der Waals surface area contributed by atoms with Gasteiger partial charge in [0.05, 0.1) is 0 Å². The van der Waals surface area contributed by atoms with Crippen molar-refractivity contribution < 1.29 is 4.39 Å². The highest BCUT2D eigenvalue weighted by Crippen LogP contribution is 2.22. The lowest BCUT2D eigenvalue weighted by atomic mass is 10.2. The Balaban J connectivity index is 1.64. The lowest BCUT2D eigenvalue weighted by molar-refractivity contribution is 0.246. The van der Waals surface area contributed by atoms with Gasteiger partial charge in [-0.3, -0.25) is 9.69 Å². The number of aromatic amines is 1. The van der Waals surface area contributed by atoms with Crippen molar-refractivity contribution >= 4 is 17.4 Å². The average Bonchev–Trinajstić information content (AvgIpc) is 2.52. The topological polar surface area (TPSA) is 39.3 Å². The second kappa shape index (κ2) is 6.50. The molecular weight excluding hydrogens is 305 g/mol. The van der Waals surface area contributed by atoms with Crippen LogP contribution in [0, 0.1) is 5.82 Å². The van der Waals surface area contributed by atoms with Crippen molar-refractivity contribution in [3.8, 4) is 0 Å².